The predicted octanol–water partition coefficient (Wildman–Crippen LogP) is 3.58. The van der Waals surface area contributed by atoms with Crippen molar-refractivity contribution >= 4 is 11.8 Å². The van der Waals surface area contributed by atoms with Crippen molar-refractivity contribution in [3.05, 3.63) is 12.2 Å². The van der Waals surface area contributed by atoms with E-state index in [9.17, 15) is 9.59 Å². The molecule has 0 bridgehead atoms. The molecule has 3 heteroatoms. The lowest BCUT2D eigenvalue weighted by Gasteiger charge is -2.15. The number of carbonyl (C=O) groups excluding carboxylic acids is 1. The molecule has 1 rings (SSSR count). The number of hydrogen-bond acceptors (Lipinski definition) is 2. The minimum absolute atomic E-state index is 0.219. The number of carboxylic acid groups (broad SMARTS) is 1. The number of carboxylic acids is 1. The minimum atomic E-state index is -0.699. The molecule has 0 aromatic heterocycles. The molecule has 0 saturated carbocycles. The first kappa shape index (κ1) is 14.9. The molecule has 0 unspecified atom stereocenters. The van der Waals surface area contributed by atoms with Crippen LogP contribution in [0.2, 0.25) is 0 Å². The molecule has 1 N–H and O–H groups in total. The van der Waals surface area contributed by atoms with E-state index in [0.717, 1.165) is 44.9 Å². The van der Waals surface area contributed by atoms with Crippen LogP contribution in [0.1, 0.15) is 58.3 Å². The van der Waals surface area contributed by atoms with Gasteiger partial charge in [-0.15, -0.1) is 0 Å². The summed E-state index contributed by atoms with van der Waals surface area (Å²) in [4.78, 5) is 21.8. The maximum absolute atomic E-state index is 11.5. The van der Waals surface area contributed by atoms with Crippen molar-refractivity contribution in [3.8, 4) is 0 Å². The van der Waals surface area contributed by atoms with Crippen LogP contribution in [-0.4, -0.2) is 16.9 Å². The van der Waals surface area contributed by atoms with Crippen molar-refractivity contribution in [2.75, 3.05) is 0 Å². The molecule has 0 amide bonds. The average Bonchev–Trinajstić information content (AvgIpc) is 2.68. The van der Waals surface area contributed by atoms with Gasteiger partial charge in [0.1, 0.15) is 0 Å². The van der Waals surface area contributed by atoms with Crippen LogP contribution in [0.25, 0.3) is 0 Å². The zero-order valence-electron chi connectivity index (χ0n) is 11.2. The van der Waals surface area contributed by atoms with Gasteiger partial charge in [-0.05, 0) is 31.3 Å². The van der Waals surface area contributed by atoms with E-state index in [1.807, 2.05) is 0 Å². The lowest BCUT2D eigenvalue weighted by Crippen LogP contribution is -2.14. The van der Waals surface area contributed by atoms with Gasteiger partial charge in [-0.2, -0.15) is 0 Å². The molecule has 2 atom stereocenters. The monoisotopic (exact) mass is 252 g/mol. The molecule has 18 heavy (non-hydrogen) atoms. The number of allylic oxidation sites excluding steroid dienone is 2. The third kappa shape index (κ3) is 5.03. The Bertz CT molecular complexity index is 307. The van der Waals surface area contributed by atoms with Crippen LogP contribution < -0.4 is 0 Å². The van der Waals surface area contributed by atoms with E-state index in [-0.39, 0.29) is 12.3 Å². The Labute approximate surface area is 109 Å². The second-order valence-electron chi connectivity index (χ2n) is 5.14. The smallest absolute Gasteiger partial charge is 0.303 e. The third-order valence-electron chi connectivity index (χ3n) is 3.76. The van der Waals surface area contributed by atoms with Gasteiger partial charge in [0, 0.05) is 12.3 Å². The van der Waals surface area contributed by atoms with E-state index in [4.69, 9.17) is 5.11 Å². The molecule has 0 aromatic carbocycles. The highest BCUT2D eigenvalue weighted by molar-refractivity contribution is 5.94. The summed E-state index contributed by atoms with van der Waals surface area (Å²) in [6.45, 7) is 2.08. The summed E-state index contributed by atoms with van der Waals surface area (Å²) in [7, 11) is 0. The summed E-state index contributed by atoms with van der Waals surface area (Å²) in [6, 6.07) is 0. The highest BCUT2D eigenvalue weighted by atomic mass is 16.4. The van der Waals surface area contributed by atoms with Crippen molar-refractivity contribution < 1.29 is 14.7 Å². The second-order valence-corrected chi connectivity index (χ2v) is 5.14. The fourth-order valence-corrected chi connectivity index (χ4v) is 2.68. The van der Waals surface area contributed by atoms with E-state index >= 15 is 0 Å². The Morgan fingerprint density at radius 1 is 1.22 bits per heavy atom. The van der Waals surface area contributed by atoms with Gasteiger partial charge in [0.05, 0.1) is 0 Å². The molecule has 0 aliphatic heterocycles. The van der Waals surface area contributed by atoms with Gasteiger partial charge in [-0.1, -0.05) is 38.7 Å². The van der Waals surface area contributed by atoms with Crippen molar-refractivity contribution in [2.45, 2.75) is 58.3 Å². The van der Waals surface area contributed by atoms with E-state index in [2.05, 4.69) is 13.0 Å². The highest BCUT2D eigenvalue weighted by Crippen LogP contribution is 2.29. The van der Waals surface area contributed by atoms with Gasteiger partial charge in [0.25, 0.3) is 0 Å². The Kier molecular flexibility index (Phi) is 6.69. The number of carbonyl (C=O) groups is 2. The van der Waals surface area contributed by atoms with Crippen LogP contribution in [0, 0.1) is 11.8 Å². The highest BCUT2D eigenvalue weighted by Gasteiger charge is 2.27. The zero-order chi connectivity index (χ0) is 13.4. The van der Waals surface area contributed by atoms with Crippen LogP contribution in [-0.2, 0) is 9.59 Å². The normalized spacial score (nSPS) is 22.6. The Morgan fingerprint density at radius 3 is 2.56 bits per heavy atom. The van der Waals surface area contributed by atoms with Crippen LogP contribution >= 0.6 is 0 Å². The summed E-state index contributed by atoms with van der Waals surface area (Å²) < 4.78 is 0. The molecule has 0 heterocycles. The first-order valence-electron chi connectivity index (χ1n) is 7.09. The van der Waals surface area contributed by atoms with Crippen molar-refractivity contribution in [1.82, 2.24) is 0 Å². The fourth-order valence-electron chi connectivity index (χ4n) is 2.68. The molecule has 0 radical (unpaired) electrons. The lowest BCUT2D eigenvalue weighted by atomic mass is 9.88. The Hall–Kier alpha value is -1.12. The van der Waals surface area contributed by atoms with Crippen LogP contribution in [0.15, 0.2) is 12.2 Å². The van der Waals surface area contributed by atoms with E-state index in [1.54, 1.807) is 6.08 Å². The molecule has 0 spiro atoms. The number of hydrogen-bond donors (Lipinski definition) is 1. The van der Waals surface area contributed by atoms with Crippen molar-refractivity contribution in [1.29, 1.82) is 0 Å². The second kappa shape index (κ2) is 8.06. The van der Waals surface area contributed by atoms with Gasteiger partial charge in [-0.3, -0.25) is 9.59 Å². The topological polar surface area (TPSA) is 54.4 Å². The van der Waals surface area contributed by atoms with E-state index < -0.39 is 5.97 Å². The van der Waals surface area contributed by atoms with Gasteiger partial charge in [0.2, 0.25) is 0 Å². The summed E-state index contributed by atoms with van der Waals surface area (Å²) >= 11 is 0. The molecule has 1 aliphatic carbocycles. The molecule has 1 aliphatic rings. The minimum Gasteiger partial charge on any atom is -0.481 e. The van der Waals surface area contributed by atoms with Crippen LogP contribution in [0.5, 0.6) is 0 Å². The SMILES string of the molecule is CC[C@H]1C(=O)C=C[C@H]1CCCCCCCC(=O)O. The summed E-state index contributed by atoms with van der Waals surface area (Å²) in [5.41, 5.74) is 0. The predicted molar refractivity (Wildman–Crippen MR) is 71.4 cm³/mol. The Balaban J connectivity index is 2.03. The molecular formula is C15H24O3. The molecule has 3 nitrogen and oxygen atoms in total. The molecule has 0 aromatic rings. The van der Waals surface area contributed by atoms with E-state index in [0.29, 0.717) is 11.7 Å². The zero-order valence-corrected chi connectivity index (χ0v) is 11.2. The third-order valence-corrected chi connectivity index (χ3v) is 3.76. The fraction of sp³-hybridized carbons (Fsp3) is 0.733. The number of aliphatic carboxylic acids is 1. The molecule has 0 saturated heterocycles. The Morgan fingerprint density at radius 2 is 1.89 bits per heavy atom. The number of unbranched alkanes of at least 4 members (excludes halogenated alkanes) is 4. The molecule has 102 valence electrons. The van der Waals surface area contributed by atoms with Gasteiger partial charge in [0.15, 0.2) is 5.78 Å². The van der Waals surface area contributed by atoms with Crippen LogP contribution in [0.3, 0.4) is 0 Å². The standard InChI is InChI=1S/C15H24O3/c1-2-13-12(10-11-14(13)16)8-6-4-3-5-7-9-15(17)18/h10-13H,2-9H2,1H3,(H,17,18)/t12-,13-/m1/s1. The van der Waals surface area contributed by atoms with E-state index in [1.165, 1.54) is 0 Å². The number of rotatable bonds is 9. The largest absolute Gasteiger partial charge is 0.481 e. The summed E-state index contributed by atoms with van der Waals surface area (Å²) in [5.74, 6) is 0.262. The van der Waals surface area contributed by atoms with Crippen LogP contribution in [0.4, 0.5) is 0 Å². The van der Waals surface area contributed by atoms with Crippen molar-refractivity contribution in [3.63, 3.8) is 0 Å². The first-order valence-corrected chi connectivity index (χ1v) is 7.09. The van der Waals surface area contributed by atoms with Gasteiger partial charge < -0.3 is 5.11 Å². The first-order chi connectivity index (χ1) is 8.65. The quantitative estimate of drug-likeness (QED) is 0.638. The summed E-state index contributed by atoms with van der Waals surface area (Å²) in [6.07, 6.45) is 11.3. The maximum atomic E-state index is 11.5. The molecule has 0 fully saturated rings. The maximum Gasteiger partial charge on any atom is 0.303 e. The number of ketones is 1. The van der Waals surface area contributed by atoms with Crippen molar-refractivity contribution in [2.24, 2.45) is 11.8 Å². The summed E-state index contributed by atoms with van der Waals surface area (Å²) in [5, 5.41) is 8.50. The van der Waals surface area contributed by atoms with Gasteiger partial charge in [-0.25, -0.2) is 0 Å². The van der Waals surface area contributed by atoms with Gasteiger partial charge >= 0.3 is 5.97 Å². The molecular weight excluding hydrogens is 228 g/mol. The lowest BCUT2D eigenvalue weighted by molar-refractivity contribution is -0.137. The average molecular weight is 252 g/mol.